The molecule has 3 aromatic carbocycles. The Morgan fingerprint density at radius 1 is 0.892 bits per heavy atom. The number of fused-ring (bicyclic) bond motifs is 5. The van der Waals surface area contributed by atoms with Crippen molar-refractivity contribution in [3.8, 4) is 39.6 Å². The lowest BCUT2D eigenvalue weighted by Gasteiger charge is -2.25. The Kier molecular flexibility index (Phi) is 5.26. The molecule has 7 heteroatoms. The van der Waals surface area contributed by atoms with Crippen LogP contribution in [0, 0.1) is 0 Å². The van der Waals surface area contributed by atoms with Crippen molar-refractivity contribution in [2.24, 2.45) is 0 Å². The summed E-state index contributed by atoms with van der Waals surface area (Å²) in [5, 5.41) is 15.4. The van der Waals surface area contributed by atoms with Crippen LogP contribution in [-0.4, -0.2) is 25.7 Å². The summed E-state index contributed by atoms with van der Waals surface area (Å²) in [5.41, 5.74) is 6.71. The summed E-state index contributed by atoms with van der Waals surface area (Å²) in [6.45, 7) is 3.70. The Morgan fingerprint density at radius 3 is 2.38 bits per heavy atom. The molecule has 3 heterocycles. The number of carboxylic acid groups (broad SMARTS) is 1. The van der Waals surface area contributed by atoms with Crippen molar-refractivity contribution in [2.75, 3.05) is 5.32 Å². The maximum Gasteiger partial charge on any atom is 0.405 e. The highest BCUT2D eigenvalue weighted by atomic mass is 16.4. The molecule has 0 fully saturated rings. The van der Waals surface area contributed by atoms with Gasteiger partial charge in [-0.05, 0) is 43.7 Å². The van der Waals surface area contributed by atoms with E-state index in [0.29, 0.717) is 0 Å². The predicted octanol–water partition coefficient (Wildman–Crippen LogP) is 6.83. The van der Waals surface area contributed by atoms with Gasteiger partial charge in [0.05, 0.1) is 28.3 Å². The van der Waals surface area contributed by atoms with Crippen LogP contribution in [0.5, 0.6) is 0 Å². The van der Waals surface area contributed by atoms with Gasteiger partial charge in [0.15, 0.2) is 5.82 Å². The molecule has 0 spiro atoms. The van der Waals surface area contributed by atoms with E-state index in [-0.39, 0.29) is 0 Å². The molecule has 0 atom stereocenters. The lowest BCUT2D eigenvalue weighted by atomic mass is 9.92. The van der Waals surface area contributed by atoms with Crippen molar-refractivity contribution in [1.29, 1.82) is 0 Å². The molecule has 3 N–H and O–H groups in total. The van der Waals surface area contributed by atoms with E-state index in [2.05, 4.69) is 38.4 Å². The van der Waals surface area contributed by atoms with Gasteiger partial charge in [-0.15, -0.1) is 0 Å². The molecule has 37 heavy (non-hydrogen) atoms. The minimum Gasteiger partial charge on any atom is -0.465 e. The Hall–Kier alpha value is -4.91. The quantitative estimate of drug-likeness (QED) is 0.254. The fraction of sp³-hybridized carbons (Fsp3) is 0.100. The van der Waals surface area contributed by atoms with Gasteiger partial charge in [0.2, 0.25) is 0 Å². The smallest absolute Gasteiger partial charge is 0.405 e. The molecule has 6 rings (SSSR count). The van der Waals surface area contributed by atoms with Crippen LogP contribution in [0.4, 0.5) is 16.3 Å². The highest BCUT2D eigenvalue weighted by Crippen LogP contribution is 2.44. The molecule has 182 valence electrons. The van der Waals surface area contributed by atoms with E-state index in [0.717, 1.165) is 56.7 Å². The van der Waals surface area contributed by atoms with E-state index < -0.39 is 11.6 Å². The van der Waals surface area contributed by atoms with E-state index in [1.165, 1.54) is 0 Å². The molecule has 5 aromatic rings. The molecular formula is C30H25N5O2. The fourth-order valence-electron chi connectivity index (χ4n) is 4.87. The molecule has 1 amide bonds. The van der Waals surface area contributed by atoms with Gasteiger partial charge in [0.1, 0.15) is 5.82 Å². The summed E-state index contributed by atoms with van der Waals surface area (Å²) in [5.74, 6) is 1.57. The Morgan fingerprint density at radius 2 is 1.62 bits per heavy atom. The van der Waals surface area contributed by atoms with Crippen molar-refractivity contribution in [1.82, 2.24) is 19.9 Å². The molecule has 0 unspecified atom stereocenters. The first-order valence-corrected chi connectivity index (χ1v) is 12.0. The van der Waals surface area contributed by atoms with Crippen molar-refractivity contribution in [3.05, 3.63) is 103 Å². The number of rotatable bonds is 4. The predicted molar refractivity (Wildman–Crippen MR) is 145 cm³/mol. The third-order valence-corrected chi connectivity index (χ3v) is 6.67. The maximum atomic E-state index is 11.3. The molecule has 7 nitrogen and oxygen atoms in total. The SMILES string of the molecule is CC(C)(NC(=O)O)c1ccc(-c2c(-c3ccccc3)nc3n2-c2cccnc2Nc2ccccc2-3)cc1. The third-order valence-electron chi connectivity index (χ3n) is 6.67. The topological polar surface area (TPSA) is 92.1 Å². The van der Waals surface area contributed by atoms with Crippen molar-refractivity contribution < 1.29 is 9.90 Å². The normalized spacial score (nSPS) is 11.9. The average molecular weight is 488 g/mol. The number of nitrogens with zero attached hydrogens (tertiary/aromatic N) is 3. The summed E-state index contributed by atoms with van der Waals surface area (Å²) in [6, 6.07) is 30.2. The molecule has 1 aliphatic rings. The van der Waals surface area contributed by atoms with Crippen LogP contribution >= 0.6 is 0 Å². The number of hydrogen-bond donors (Lipinski definition) is 3. The van der Waals surface area contributed by atoms with Crippen LogP contribution in [0.3, 0.4) is 0 Å². The van der Waals surface area contributed by atoms with Crippen LogP contribution < -0.4 is 10.6 Å². The standard InChI is InChI=1S/C30H25N5O2/c1-30(2,34-29(36)37)21-16-14-20(15-17-21)26-25(19-9-4-3-5-10-19)33-28-22-11-6-7-12-23(22)32-27-24(35(26)28)13-8-18-31-27/h3-18,34H,1-2H3,(H,31,32)(H,36,37). The first kappa shape index (κ1) is 22.5. The van der Waals surface area contributed by atoms with Gasteiger partial charge in [0.25, 0.3) is 0 Å². The Labute approximate surface area is 214 Å². The molecule has 2 aromatic heterocycles. The number of para-hydroxylation sites is 1. The molecule has 0 bridgehead atoms. The largest absolute Gasteiger partial charge is 0.465 e. The van der Waals surface area contributed by atoms with Gasteiger partial charge in [-0.2, -0.15) is 0 Å². The molecule has 0 saturated heterocycles. The van der Waals surface area contributed by atoms with Crippen molar-refractivity contribution in [2.45, 2.75) is 19.4 Å². The second kappa shape index (κ2) is 8.64. The molecule has 1 aliphatic heterocycles. The summed E-state index contributed by atoms with van der Waals surface area (Å²) in [6.07, 6.45) is 0.720. The lowest BCUT2D eigenvalue weighted by molar-refractivity contribution is 0.182. The fourth-order valence-corrected chi connectivity index (χ4v) is 4.87. The highest BCUT2D eigenvalue weighted by Gasteiger charge is 2.28. The molecular weight excluding hydrogens is 462 g/mol. The van der Waals surface area contributed by atoms with Gasteiger partial charge in [-0.25, -0.2) is 14.8 Å². The number of hydrogen-bond acceptors (Lipinski definition) is 4. The molecule has 0 saturated carbocycles. The van der Waals surface area contributed by atoms with Crippen LogP contribution in [0.2, 0.25) is 0 Å². The Balaban J connectivity index is 1.63. The number of imidazole rings is 1. The van der Waals surface area contributed by atoms with Gasteiger partial charge >= 0.3 is 6.09 Å². The van der Waals surface area contributed by atoms with E-state index in [1.807, 2.05) is 86.6 Å². The minimum absolute atomic E-state index is 0.736. The van der Waals surface area contributed by atoms with Gasteiger partial charge < -0.3 is 15.7 Å². The number of pyridine rings is 1. The highest BCUT2D eigenvalue weighted by molar-refractivity contribution is 5.90. The van der Waals surface area contributed by atoms with Crippen LogP contribution in [-0.2, 0) is 5.54 Å². The minimum atomic E-state index is -1.06. The number of carbonyl (C=O) groups is 1. The second-order valence-electron chi connectivity index (χ2n) is 9.51. The molecule has 0 aliphatic carbocycles. The lowest BCUT2D eigenvalue weighted by Crippen LogP contribution is -2.39. The number of amides is 1. The monoisotopic (exact) mass is 487 g/mol. The van der Waals surface area contributed by atoms with E-state index >= 15 is 0 Å². The third kappa shape index (κ3) is 3.90. The van der Waals surface area contributed by atoms with Crippen LogP contribution in [0.15, 0.2) is 97.2 Å². The summed E-state index contributed by atoms with van der Waals surface area (Å²) in [7, 11) is 0. The van der Waals surface area contributed by atoms with Gasteiger partial charge in [-0.3, -0.25) is 4.57 Å². The number of anilines is 2. The average Bonchev–Trinajstić information content (AvgIpc) is 3.23. The van der Waals surface area contributed by atoms with E-state index in [1.54, 1.807) is 6.20 Å². The van der Waals surface area contributed by atoms with E-state index in [4.69, 9.17) is 4.98 Å². The zero-order valence-electron chi connectivity index (χ0n) is 20.4. The zero-order chi connectivity index (χ0) is 25.6. The van der Waals surface area contributed by atoms with Gasteiger partial charge in [0, 0.05) is 22.9 Å². The van der Waals surface area contributed by atoms with Gasteiger partial charge in [-0.1, -0.05) is 66.7 Å². The Bertz CT molecular complexity index is 1620. The maximum absolute atomic E-state index is 11.3. The zero-order valence-corrected chi connectivity index (χ0v) is 20.4. The van der Waals surface area contributed by atoms with E-state index in [9.17, 15) is 9.90 Å². The second-order valence-corrected chi connectivity index (χ2v) is 9.51. The number of benzene rings is 3. The van der Waals surface area contributed by atoms with Crippen LogP contribution in [0.25, 0.3) is 39.6 Å². The number of aromatic nitrogens is 3. The first-order chi connectivity index (χ1) is 17.9. The van der Waals surface area contributed by atoms with Crippen molar-refractivity contribution >= 4 is 17.6 Å². The first-order valence-electron chi connectivity index (χ1n) is 12.0. The summed E-state index contributed by atoms with van der Waals surface area (Å²) in [4.78, 5) is 21.2. The van der Waals surface area contributed by atoms with Crippen LogP contribution in [0.1, 0.15) is 19.4 Å². The summed E-state index contributed by atoms with van der Waals surface area (Å²) >= 11 is 0. The number of nitrogens with one attached hydrogen (secondary N) is 2. The van der Waals surface area contributed by atoms with Crippen molar-refractivity contribution in [3.63, 3.8) is 0 Å². The molecule has 0 radical (unpaired) electrons. The summed E-state index contributed by atoms with van der Waals surface area (Å²) < 4.78 is 2.17.